The maximum atomic E-state index is 12.0. The van der Waals surface area contributed by atoms with Crippen molar-refractivity contribution in [2.45, 2.75) is 38.6 Å². The van der Waals surface area contributed by atoms with E-state index in [1.807, 2.05) is 11.5 Å². The van der Waals surface area contributed by atoms with E-state index in [4.69, 9.17) is 4.74 Å². The van der Waals surface area contributed by atoms with Crippen molar-refractivity contribution in [1.82, 2.24) is 9.55 Å². The smallest absolute Gasteiger partial charge is 0.356 e. The van der Waals surface area contributed by atoms with Gasteiger partial charge in [-0.25, -0.2) is 9.78 Å². The Morgan fingerprint density at radius 2 is 2.19 bits per heavy atom. The lowest BCUT2D eigenvalue weighted by Gasteiger charge is -2.19. The number of carbonyl (C=O) groups is 1. The lowest BCUT2D eigenvalue weighted by atomic mass is 9.98. The molecule has 1 aliphatic rings. The zero-order valence-electron chi connectivity index (χ0n) is 12.5. The van der Waals surface area contributed by atoms with Crippen molar-refractivity contribution >= 4 is 5.97 Å². The van der Waals surface area contributed by atoms with Crippen molar-refractivity contribution in [3.63, 3.8) is 0 Å². The molecule has 1 heterocycles. The van der Waals surface area contributed by atoms with Gasteiger partial charge in [0, 0.05) is 0 Å². The molecule has 110 valence electrons. The van der Waals surface area contributed by atoms with Crippen LogP contribution in [0.4, 0.5) is 0 Å². The second kappa shape index (κ2) is 5.72. The van der Waals surface area contributed by atoms with E-state index in [9.17, 15) is 4.79 Å². The molecule has 1 aromatic heterocycles. The summed E-state index contributed by atoms with van der Waals surface area (Å²) in [5, 5.41) is 0. The molecule has 0 N–H and O–H groups in total. The summed E-state index contributed by atoms with van der Waals surface area (Å²) < 4.78 is 7.01. The van der Waals surface area contributed by atoms with Crippen molar-refractivity contribution in [2.24, 2.45) is 0 Å². The van der Waals surface area contributed by atoms with Crippen molar-refractivity contribution < 1.29 is 9.53 Å². The molecule has 21 heavy (non-hydrogen) atoms. The van der Waals surface area contributed by atoms with E-state index >= 15 is 0 Å². The molecular formula is C17H20N2O2. The summed E-state index contributed by atoms with van der Waals surface area (Å²) in [6.45, 7) is 4.28. The molecule has 1 aromatic carbocycles. The van der Waals surface area contributed by atoms with Crippen molar-refractivity contribution in [1.29, 1.82) is 0 Å². The van der Waals surface area contributed by atoms with Crippen LogP contribution in [0.5, 0.6) is 0 Å². The normalized spacial score (nSPS) is 15.7. The van der Waals surface area contributed by atoms with E-state index in [1.54, 1.807) is 12.5 Å². The zero-order valence-corrected chi connectivity index (χ0v) is 12.5. The van der Waals surface area contributed by atoms with Crippen LogP contribution >= 0.6 is 0 Å². The Labute approximate surface area is 124 Å². The molecule has 1 atom stereocenters. The van der Waals surface area contributed by atoms with Crippen LogP contribution in [0.2, 0.25) is 0 Å². The molecule has 4 nitrogen and oxygen atoms in total. The fraction of sp³-hybridized carbons (Fsp3) is 0.412. The summed E-state index contributed by atoms with van der Waals surface area (Å²) in [7, 11) is 0. The van der Waals surface area contributed by atoms with Crippen LogP contribution in [0.1, 0.15) is 60.3 Å². The Balaban J connectivity index is 1.94. The number of imidazole rings is 1. The number of benzene rings is 1. The Kier molecular flexibility index (Phi) is 3.78. The van der Waals surface area contributed by atoms with E-state index < -0.39 is 0 Å². The van der Waals surface area contributed by atoms with Gasteiger partial charge in [-0.3, -0.25) is 0 Å². The number of esters is 1. The van der Waals surface area contributed by atoms with Gasteiger partial charge in [0.25, 0.3) is 0 Å². The number of rotatable bonds is 5. The standard InChI is InChI=1S/C17H20N2O2/c1-3-21-17(20)16-10-18-11-19(16)12(2)14-6-4-5-7-15(14)13-8-9-13/h4-7,10-13H,3,8-9H2,1-2H3/t12-/m1/s1. The molecule has 0 unspecified atom stereocenters. The molecule has 0 radical (unpaired) electrons. The molecule has 1 saturated carbocycles. The molecule has 0 bridgehead atoms. The van der Waals surface area contributed by atoms with Gasteiger partial charge in [-0.2, -0.15) is 0 Å². The van der Waals surface area contributed by atoms with Crippen LogP contribution in [-0.2, 0) is 4.74 Å². The van der Waals surface area contributed by atoms with Gasteiger partial charge in [0.1, 0.15) is 5.69 Å². The summed E-state index contributed by atoms with van der Waals surface area (Å²) in [6, 6.07) is 8.56. The predicted octanol–water partition coefficient (Wildman–Crippen LogP) is 3.55. The molecule has 4 heteroatoms. The SMILES string of the molecule is CCOC(=O)c1cncn1[C@H](C)c1ccccc1C1CC1. The van der Waals surface area contributed by atoms with E-state index in [0.29, 0.717) is 18.2 Å². The third-order valence-electron chi connectivity index (χ3n) is 4.03. The summed E-state index contributed by atoms with van der Waals surface area (Å²) in [6.07, 6.45) is 5.81. The van der Waals surface area contributed by atoms with E-state index in [2.05, 4.69) is 36.2 Å². The van der Waals surface area contributed by atoms with Crippen molar-refractivity contribution in [3.05, 3.63) is 53.6 Å². The summed E-state index contributed by atoms with van der Waals surface area (Å²) in [5.41, 5.74) is 3.17. The van der Waals surface area contributed by atoms with Crippen LogP contribution in [0.25, 0.3) is 0 Å². The van der Waals surface area contributed by atoms with Gasteiger partial charge >= 0.3 is 5.97 Å². The van der Waals surface area contributed by atoms with Crippen LogP contribution in [0.3, 0.4) is 0 Å². The van der Waals surface area contributed by atoms with E-state index in [1.165, 1.54) is 24.0 Å². The van der Waals surface area contributed by atoms with Gasteiger partial charge in [-0.05, 0) is 43.7 Å². The minimum absolute atomic E-state index is 0.0729. The minimum Gasteiger partial charge on any atom is -0.461 e. The minimum atomic E-state index is -0.314. The van der Waals surface area contributed by atoms with Crippen LogP contribution in [0.15, 0.2) is 36.8 Å². The van der Waals surface area contributed by atoms with Gasteiger partial charge in [0.15, 0.2) is 0 Å². The molecule has 0 aliphatic heterocycles. The van der Waals surface area contributed by atoms with Crippen molar-refractivity contribution in [2.75, 3.05) is 6.61 Å². The number of aromatic nitrogens is 2. The fourth-order valence-electron chi connectivity index (χ4n) is 2.78. The first-order valence-electron chi connectivity index (χ1n) is 7.50. The van der Waals surface area contributed by atoms with Crippen LogP contribution < -0.4 is 0 Å². The van der Waals surface area contributed by atoms with Crippen LogP contribution in [-0.4, -0.2) is 22.1 Å². The lowest BCUT2D eigenvalue weighted by Crippen LogP contribution is -2.16. The quantitative estimate of drug-likeness (QED) is 0.789. The topological polar surface area (TPSA) is 44.1 Å². The number of hydrogen-bond donors (Lipinski definition) is 0. The summed E-state index contributed by atoms with van der Waals surface area (Å²) in [4.78, 5) is 16.1. The second-order valence-corrected chi connectivity index (χ2v) is 5.49. The van der Waals surface area contributed by atoms with Gasteiger partial charge in [0.2, 0.25) is 0 Å². The van der Waals surface area contributed by atoms with Gasteiger partial charge in [-0.1, -0.05) is 24.3 Å². The fourth-order valence-corrected chi connectivity index (χ4v) is 2.78. The molecule has 0 amide bonds. The molecule has 2 aromatic rings. The highest BCUT2D eigenvalue weighted by atomic mass is 16.5. The third-order valence-corrected chi connectivity index (χ3v) is 4.03. The highest BCUT2D eigenvalue weighted by molar-refractivity contribution is 5.87. The first-order valence-corrected chi connectivity index (χ1v) is 7.50. The average Bonchev–Trinajstić information content (AvgIpc) is 3.23. The molecule has 0 spiro atoms. The second-order valence-electron chi connectivity index (χ2n) is 5.49. The average molecular weight is 284 g/mol. The lowest BCUT2D eigenvalue weighted by molar-refractivity contribution is 0.0512. The Hall–Kier alpha value is -2.10. The van der Waals surface area contributed by atoms with Gasteiger partial charge < -0.3 is 9.30 Å². The largest absolute Gasteiger partial charge is 0.461 e. The maximum Gasteiger partial charge on any atom is 0.356 e. The highest BCUT2D eigenvalue weighted by Gasteiger charge is 2.28. The van der Waals surface area contributed by atoms with Crippen LogP contribution in [0, 0.1) is 0 Å². The number of carbonyl (C=O) groups excluding carboxylic acids is 1. The molecule has 0 saturated heterocycles. The molecule has 1 aliphatic carbocycles. The van der Waals surface area contributed by atoms with E-state index in [0.717, 1.165) is 0 Å². The van der Waals surface area contributed by atoms with Crippen molar-refractivity contribution in [3.8, 4) is 0 Å². The Morgan fingerprint density at radius 3 is 2.90 bits per heavy atom. The van der Waals surface area contributed by atoms with Gasteiger partial charge in [-0.15, -0.1) is 0 Å². The highest BCUT2D eigenvalue weighted by Crippen LogP contribution is 2.43. The van der Waals surface area contributed by atoms with Gasteiger partial charge in [0.05, 0.1) is 25.2 Å². The summed E-state index contributed by atoms with van der Waals surface area (Å²) >= 11 is 0. The Bertz CT molecular complexity index is 644. The first kappa shape index (κ1) is 13.9. The number of hydrogen-bond acceptors (Lipinski definition) is 3. The number of nitrogens with zero attached hydrogens (tertiary/aromatic N) is 2. The molecule has 1 fully saturated rings. The molecule has 3 rings (SSSR count). The monoisotopic (exact) mass is 284 g/mol. The third kappa shape index (κ3) is 2.71. The Morgan fingerprint density at radius 1 is 1.43 bits per heavy atom. The number of ether oxygens (including phenoxy) is 1. The van der Waals surface area contributed by atoms with E-state index in [-0.39, 0.29) is 12.0 Å². The summed E-state index contributed by atoms with van der Waals surface area (Å²) in [5.74, 6) is 0.365. The zero-order chi connectivity index (χ0) is 14.8. The predicted molar refractivity (Wildman–Crippen MR) is 80.4 cm³/mol. The maximum absolute atomic E-state index is 12.0. The molecular weight excluding hydrogens is 264 g/mol. The first-order chi connectivity index (χ1) is 10.2.